The quantitative estimate of drug-likeness (QED) is 0.785. The summed E-state index contributed by atoms with van der Waals surface area (Å²) in [4.78, 5) is 11.5. The lowest BCUT2D eigenvalue weighted by Crippen LogP contribution is -2.25. The molecule has 1 unspecified atom stereocenters. The third-order valence-electron chi connectivity index (χ3n) is 3.23. The zero-order chi connectivity index (χ0) is 16.0. The van der Waals surface area contributed by atoms with Gasteiger partial charge in [-0.3, -0.25) is 0 Å². The topological polar surface area (TPSA) is 47.6 Å². The number of aryl methyl sites for hydroxylation is 2. The predicted octanol–water partition coefficient (Wildman–Crippen LogP) is 2.99. The van der Waals surface area contributed by atoms with Crippen LogP contribution in [0, 0.1) is 19.8 Å². The molecule has 0 saturated heterocycles. The first-order chi connectivity index (χ1) is 9.85. The molecule has 1 N–H and O–H groups in total. The fourth-order valence-electron chi connectivity index (χ4n) is 2.22. The van der Waals surface area contributed by atoms with Gasteiger partial charge in [0.15, 0.2) is 6.10 Å². The van der Waals surface area contributed by atoms with Crippen molar-refractivity contribution in [2.45, 2.75) is 47.3 Å². The SMILES string of the molecule is COC(=O)C(C)Oc1c(C)cc(CNCC(C)C)cc1C. The van der Waals surface area contributed by atoms with Crippen LogP contribution in [0.25, 0.3) is 0 Å². The molecular weight excluding hydrogens is 266 g/mol. The molecule has 118 valence electrons. The van der Waals surface area contributed by atoms with Crippen LogP contribution in [-0.4, -0.2) is 25.7 Å². The van der Waals surface area contributed by atoms with Gasteiger partial charge in [-0.15, -0.1) is 0 Å². The number of rotatable bonds is 7. The molecular formula is C17H27NO3. The molecule has 0 spiro atoms. The Kier molecular flexibility index (Phi) is 6.69. The van der Waals surface area contributed by atoms with Crippen LogP contribution in [0.15, 0.2) is 12.1 Å². The van der Waals surface area contributed by atoms with Crippen molar-refractivity contribution in [3.05, 3.63) is 28.8 Å². The standard InChI is InChI=1S/C17H27NO3/c1-11(2)9-18-10-15-7-12(3)16(13(4)8-15)21-14(5)17(19)20-6/h7-8,11,14,18H,9-10H2,1-6H3. The molecule has 0 heterocycles. The molecule has 1 atom stereocenters. The summed E-state index contributed by atoms with van der Waals surface area (Å²) in [5.41, 5.74) is 3.29. The smallest absolute Gasteiger partial charge is 0.346 e. The maximum absolute atomic E-state index is 11.5. The van der Waals surface area contributed by atoms with Gasteiger partial charge in [-0.1, -0.05) is 26.0 Å². The highest BCUT2D eigenvalue weighted by Gasteiger charge is 2.17. The van der Waals surface area contributed by atoms with E-state index in [0.29, 0.717) is 5.92 Å². The molecule has 0 amide bonds. The summed E-state index contributed by atoms with van der Waals surface area (Å²) in [5.74, 6) is 1.03. The summed E-state index contributed by atoms with van der Waals surface area (Å²) in [5, 5.41) is 3.43. The molecule has 21 heavy (non-hydrogen) atoms. The Bertz CT molecular complexity index is 460. The molecule has 0 aromatic heterocycles. The lowest BCUT2D eigenvalue weighted by Gasteiger charge is -2.18. The van der Waals surface area contributed by atoms with E-state index in [2.05, 4.69) is 36.0 Å². The van der Waals surface area contributed by atoms with Crippen LogP contribution < -0.4 is 10.1 Å². The number of esters is 1. The normalized spacial score (nSPS) is 12.3. The van der Waals surface area contributed by atoms with E-state index in [1.54, 1.807) is 6.92 Å². The average Bonchev–Trinajstić information content (AvgIpc) is 2.41. The third kappa shape index (κ3) is 5.38. The Morgan fingerprint density at radius 1 is 1.19 bits per heavy atom. The second-order valence-electron chi connectivity index (χ2n) is 5.87. The van der Waals surface area contributed by atoms with Crippen molar-refractivity contribution in [2.24, 2.45) is 5.92 Å². The minimum absolute atomic E-state index is 0.364. The molecule has 1 aromatic carbocycles. The maximum atomic E-state index is 11.5. The van der Waals surface area contributed by atoms with E-state index in [9.17, 15) is 4.79 Å². The second kappa shape index (κ2) is 8.03. The number of carbonyl (C=O) groups is 1. The largest absolute Gasteiger partial charge is 0.478 e. The van der Waals surface area contributed by atoms with Crippen LogP contribution in [0.3, 0.4) is 0 Å². The van der Waals surface area contributed by atoms with Crippen LogP contribution in [0.4, 0.5) is 0 Å². The monoisotopic (exact) mass is 293 g/mol. The molecule has 4 nitrogen and oxygen atoms in total. The molecule has 0 radical (unpaired) electrons. The zero-order valence-corrected chi connectivity index (χ0v) is 13.9. The van der Waals surface area contributed by atoms with Crippen molar-refractivity contribution >= 4 is 5.97 Å². The van der Waals surface area contributed by atoms with E-state index >= 15 is 0 Å². The van der Waals surface area contributed by atoms with Crippen LogP contribution in [0.2, 0.25) is 0 Å². The summed E-state index contributed by atoms with van der Waals surface area (Å²) in [6.07, 6.45) is -0.600. The molecule has 0 aliphatic rings. The molecule has 0 fully saturated rings. The summed E-state index contributed by atoms with van der Waals surface area (Å²) in [6.45, 7) is 11.9. The van der Waals surface area contributed by atoms with Crippen molar-refractivity contribution in [1.82, 2.24) is 5.32 Å². The van der Waals surface area contributed by atoms with Crippen LogP contribution >= 0.6 is 0 Å². The van der Waals surface area contributed by atoms with Crippen molar-refractivity contribution in [3.63, 3.8) is 0 Å². The minimum Gasteiger partial charge on any atom is -0.478 e. The van der Waals surface area contributed by atoms with Gasteiger partial charge < -0.3 is 14.8 Å². The first-order valence-corrected chi connectivity index (χ1v) is 7.40. The number of hydrogen-bond donors (Lipinski definition) is 1. The Morgan fingerprint density at radius 2 is 1.76 bits per heavy atom. The zero-order valence-electron chi connectivity index (χ0n) is 13.9. The summed E-state index contributed by atoms with van der Waals surface area (Å²) < 4.78 is 10.4. The Labute approximate surface area is 127 Å². The molecule has 1 rings (SSSR count). The number of benzene rings is 1. The highest BCUT2D eigenvalue weighted by Crippen LogP contribution is 2.26. The van der Waals surface area contributed by atoms with E-state index in [1.165, 1.54) is 12.7 Å². The third-order valence-corrected chi connectivity index (χ3v) is 3.23. The molecule has 1 aromatic rings. The van der Waals surface area contributed by atoms with Crippen LogP contribution in [0.1, 0.15) is 37.5 Å². The number of carbonyl (C=O) groups excluding carboxylic acids is 1. The fraction of sp³-hybridized carbons (Fsp3) is 0.588. The summed E-state index contributed by atoms with van der Waals surface area (Å²) in [6, 6.07) is 4.19. The molecule has 4 heteroatoms. The van der Waals surface area contributed by atoms with Gasteiger partial charge in [0.2, 0.25) is 0 Å². The Morgan fingerprint density at radius 3 is 2.24 bits per heavy atom. The van der Waals surface area contributed by atoms with Gasteiger partial charge in [-0.05, 0) is 49.9 Å². The fourth-order valence-corrected chi connectivity index (χ4v) is 2.22. The highest BCUT2D eigenvalue weighted by atomic mass is 16.6. The van der Waals surface area contributed by atoms with E-state index in [0.717, 1.165) is 30.0 Å². The van der Waals surface area contributed by atoms with E-state index in [4.69, 9.17) is 4.74 Å². The first-order valence-electron chi connectivity index (χ1n) is 7.40. The van der Waals surface area contributed by atoms with Crippen molar-refractivity contribution < 1.29 is 14.3 Å². The number of hydrogen-bond acceptors (Lipinski definition) is 4. The molecule has 0 bridgehead atoms. The van der Waals surface area contributed by atoms with E-state index in [-0.39, 0.29) is 5.97 Å². The summed E-state index contributed by atoms with van der Waals surface area (Å²) in [7, 11) is 1.37. The molecule has 0 aliphatic carbocycles. The minimum atomic E-state index is -0.600. The van der Waals surface area contributed by atoms with Crippen molar-refractivity contribution in [2.75, 3.05) is 13.7 Å². The van der Waals surface area contributed by atoms with Gasteiger partial charge in [0.25, 0.3) is 0 Å². The van der Waals surface area contributed by atoms with Crippen LogP contribution in [0.5, 0.6) is 5.75 Å². The van der Waals surface area contributed by atoms with Gasteiger partial charge in [-0.2, -0.15) is 0 Å². The van der Waals surface area contributed by atoms with Gasteiger partial charge in [-0.25, -0.2) is 4.79 Å². The highest BCUT2D eigenvalue weighted by molar-refractivity contribution is 5.74. The van der Waals surface area contributed by atoms with Crippen molar-refractivity contribution in [3.8, 4) is 5.75 Å². The van der Waals surface area contributed by atoms with Gasteiger partial charge in [0, 0.05) is 6.54 Å². The number of methoxy groups -OCH3 is 1. The maximum Gasteiger partial charge on any atom is 0.346 e. The molecule has 0 aliphatic heterocycles. The first kappa shape index (κ1) is 17.5. The van der Waals surface area contributed by atoms with Gasteiger partial charge in [0.05, 0.1) is 7.11 Å². The van der Waals surface area contributed by atoms with Gasteiger partial charge in [0.1, 0.15) is 5.75 Å². The Balaban J connectivity index is 2.78. The lowest BCUT2D eigenvalue weighted by atomic mass is 10.1. The lowest BCUT2D eigenvalue weighted by molar-refractivity contribution is -0.147. The van der Waals surface area contributed by atoms with Crippen molar-refractivity contribution in [1.29, 1.82) is 0 Å². The Hall–Kier alpha value is -1.55. The average molecular weight is 293 g/mol. The predicted molar refractivity (Wildman–Crippen MR) is 84.6 cm³/mol. The van der Waals surface area contributed by atoms with Crippen LogP contribution in [-0.2, 0) is 16.1 Å². The number of ether oxygens (including phenoxy) is 2. The van der Waals surface area contributed by atoms with E-state index in [1.807, 2.05) is 13.8 Å². The molecule has 0 saturated carbocycles. The van der Waals surface area contributed by atoms with E-state index < -0.39 is 6.10 Å². The van der Waals surface area contributed by atoms with Gasteiger partial charge >= 0.3 is 5.97 Å². The number of nitrogens with one attached hydrogen (secondary N) is 1. The second-order valence-corrected chi connectivity index (χ2v) is 5.87. The summed E-state index contributed by atoms with van der Waals surface area (Å²) >= 11 is 0.